The fourth-order valence-corrected chi connectivity index (χ4v) is 8.24. The summed E-state index contributed by atoms with van der Waals surface area (Å²) in [5.41, 5.74) is 9.63. The van der Waals surface area contributed by atoms with Gasteiger partial charge in [0.1, 0.15) is 30.5 Å². The number of nitrogen functional groups attached to an aromatic ring is 2. The van der Waals surface area contributed by atoms with E-state index in [9.17, 15) is 29.3 Å². The van der Waals surface area contributed by atoms with Crippen molar-refractivity contribution in [2.45, 2.75) is 49.3 Å². The minimum atomic E-state index is -4.43. The smallest absolute Gasteiger partial charge is 0.386 e. The molecule has 22 nitrogen and oxygen atoms in total. The van der Waals surface area contributed by atoms with Crippen LogP contribution >= 0.6 is 25.8 Å². The number of nitrogens with two attached hydrogens (primary N) is 2. The summed E-state index contributed by atoms with van der Waals surface area (Å²) >= 11 is 9.20. The molecule has 0 amide bonds. The van der Waals surface area contributed by atoms with Crippen molar-refractivity contribution in [2.75, 3.05) is 18.1 Å². The van der Waals surface area contributed by atoms with Gasteiger partial charge in [0.2, 0.25) is 11.9 Å². The highest BCUT2D eigenvalue weighted by Crippen LogP contribution is 2.60. The van der Waals surface area contributed by atoms with Crippen LogP contribution in [-0.2, 0) is 43.9 Å². The van der Waals surface area contributed by atoms with Crippen LogP contribution in [0.25, 0.3) is 22.3 Å². The van der Waals surface area contributed by atoms with E-state index in [-0.39, 0.29) is 34.2 Å². The van der Waals surface area contributed by atoms with Crippen LogP contribution in [0, 0.1) is 0 Å². The summed E-state index contributed by atoms with van der Waals surface area (Å²) in [6.45, 7) is -9.43. The molecule has 9 N–H and O–H groups in total. The molecule has 7 heterocycles. The van der Waals surface area contributed by atoms with Crippen molar-refractivity contribution >= 4 is 71.8 Å². The first-order valence-corrected chi connectivity index (χ1v) is 18.0. The van der Waals surface area contributed by atoms with Crippen molar-refractivity contribution in [3.8, 4) is 0 Å². The zero-order chi connectivity index (χ0) is 32.0. The summed E-state index contributed by atoms with van der Waals surface area (Å²) < 4.78 is 49.5. The molecular weight excluding hydrogens is 686 g/mol. The van der Waals surface area contributed by atoms with E-state index in [1.54, 1.807) is 0 Å². The van der Waals surface area contributed by atoms with Gasteiger partial charge in [-0.3, -0.25) is 46.8 Å². The highest BCUT2D eigenvalue weighted by atomic mass is 32.7. The number of hydrogen-bond donors (Lipinski definition) is 8. The van der Waals surface area contributed by atoms with Crippen LogP contribution in [0.4, 0.5) is 11.9 Å². The van der Waals surface area contributed by atoms with Gasteiger partial charge in [-0.1, -0.05) is 12.2 Å². The number of anilines is 2. The second kappa shape index (κ2) is 10.9. The van der Waals surface area contributed by atoms with E-state index >= 15 is 0 Å². The third kappa shape index (κ3) is 5.40. The number of H-pyrrole nitrogens is 2. The largest absolute Gasteiger partial charge is 0.386 e. The number of aliphatic hydroxyl groups excluding tert-OH is 2. The van der Waals surface area contributed by atoms with Gasteiger partial charge in [-0.25, -0.2) is 14.5 Å². The first-order chi connectivity index (χ1) is 21.2. The van der Waals surface area contributed by atoms with Gasteiger partial charge >= 0.3 is 13.5 Å². The average molecular weight is 709 g/mol. The lowest BCUT2D eigenvalue weighted by atomic mass is 10.1. The molecule has 242 valence electrons. The Kier molecular flexibility index (Phi) is 7.44. The molecule has 4 unspecified atom stereocenters. The molecule has 0 radical (unpaired) electrons. The van der Waals surface area contributed by atoms with Crippen LogP contribution in [-0.4, -0.2) is 97.6 Å². The van der Waals surface area contributed by atoms with E-state index < -0.39 is 80.5 Å². The number of aromatic amines is 2. The Hall–Kier alpha value is -2.83. The molecule has 3 fully saturated rings. The van der Waals surface area contributed by atoms with Crippen LogP contribution in [0.3, 0.4) is 0 Å². The second-order valence-electron chi connectivity index (χ2n) is 9.97. The van der Waals surface area contributed by atoms with E-state index in [1.165, 1.54) is 4.57 Å². The highest BCUT2D eigenvalue weighted by Gasteiger charge is 2.55. The van der Waals surface area contributed by atoms with E-state index in [4.69, 9.17) is 50.8 Å². The number of fused-ring (bicyclic) bond motifs is 4. The summed E-state index contributed by atoms with van der Waals surface area (Å²) in [5.74, 6) is -0.484. The van der Waals surface area contributed by atoms with Crippen molar-refractivity contribution < 1.29 is 47.2 Å². The molecule has 3 aliphatic heterocycles. The fourth-order valence-electron chi connectivity index (χ4n) is 5.18. The molecule has 4 aromatic rings. The lowest BCUT2D eigenvalue weighted by Crippen LogP contribution is -2.36. The number of rotatable bonds is 2. The standard InChI is InChI=1S/C19H22N10O12P2S2/c20-18-24-11-5(13(32)26-18)22-2-28(11)15-7(30)9-4(37-15)1-36-42(34,44)40-10-8(31)16(38-17(10)41-43(35,45)39-9)29-3-23-6-12(29)25-19(21)27-14(6)33/h2-4,7-10,15-17,30-31H,1H2,(H,34,44)(H,35,45)(H3,20,24,26,32)(H3,21,25,27,33)/t4-,7+,8+,9?,10?,15-,16-,17-,42?,43?/m1/s1. The van der Waals surface area contributed by atoms with Gasteiger partial charge in [0, 0.05) is 0 Å². The predicted octanol–water partition coefficient (Wildman–Crippen LogP) is -2.04. The molecular formula is C19H22N10O12P2S2. The fraction of sp³-hybridized carbons (Fsp3) is 0.474. The van der Waals surface area contributed by atoms with Gasteiger partial charge in [0.15, 0.2) is 41.1 Å². The van der Waals surface area contributed by atoms with Crippen LogP contribution in [0.2, 0.25) is 0 Å². The Bertz CT molecular complexity index is 2040. The van der Waals surface area contributed by atoms with Gasteiger partial charge in [-0.2, -0.15) is 9.97 Å². The van der Waals surface area contributed by atoms with E-state index in [1.807, 2.05) is 0 Å². The van der Waals surface area contributed by atoms with Crippen LogP contribution in [0.5, 0.6) is 0 Å². The molecule has 10 atom stereocenters. The van der Waals surface area contributed by atoms with E-state index in [0.29, 0.717) is 0 Å². The minimum Gasteiger partial charge on any atom is -0.386 e. The van der Waals surface area contributed by atoms with Gasteiger partial charge in [0.05, 0.1) is 19.3 Å². The lowest BCUT2D eigenvalue weighted by molar-refractivity contribution is -0.129. The number of nitrogens with zero attached hydrogens (tertiary/aromatic N) is 6. The molecule has 4 aromatic heterocycles. The molecule has 26 heteroatoms. The number of imidazole rings is 2. The molecule has 3 saturated heterocycles. The quantitative estimate of drug-likeness (QED) is 0.0821. The lowest BCUT2D eigenvalue weighted by Gasteiger charge is -2.27. The Morgan fingerprint density at radius 2 is 1.44 bits per heavy atom. The Morgan fingerprint density at radius 1 is 0.911 bits per heavy atom. The van der Waals surface area contributed by atoms with Crippen molar-refractivity contribution in [2.24, 2.45) is 0 Å². The van der Waals surface area contributed by atoms with Gasteiger partial charge in [-0.15, -0.1) is 0 Å². The summed E-state index contributed by atoms with van der Waals surface area (Å²) in [6, 6.07) is 0. The van der Waals surface area contributed by atoms with Crippen molar-refractivity contribution in [1.29, 1.82) is 0 Å². The average Bonchev–Trinajstić information content (AvgIpc) is 3.69. The maximum Gasteiger partial charge on any atom is 0.386 e. The Balaban J connectivity index is 1.21. The predicted molar refractivity (Wildman–Crippen MR) is 155 cm³/mol. The molecule has 0 aliphatic carbocycles. The Morgan fingerprint density at radius 3 is 2.02 bits per heavy atom. The summed E-state index contributed by atoms with van der Waals surface area (Å²) in [4.78, 5) is 56.2. The molecule has 3 aliphatic rings. The molecule has 0 aromatic carbocycles. The van der Waals surface area contributed by atoms with Gasteiger partial charge in [-0.05, 0) is 11.8 Å². The zero-order valence-electron chi connectivity index (χ0n) is 22.1. The SMILES string of the molecule is Nc1nc2c(ncn2[C@@H]2O[C@@H]3OP(O)(=S)OC4[C@@H](COP(=O)(S)OC3[C@@H]2O)O[C@@H](n2cnc3c(=O)[nH]c(N)nc32)[C@H]4O)c(=O)[nH]1. The molecule has 0 saturated carbocycles. The van der Waals surface area contributed by atoms with Crippen LogP contribution in [0.1, 0.15) is 12.5 Å². The van der Waals surface area contributed by atoms with Crippen molar-refractivity contribution in [3.05, 3.63) is 33.4 Å². The van der Waals surface area contributed by atoms with Crippen molar-refractivity contribution in [3.63, 3.8) is 0 Å². The number of aromatic nitrogens is 8. The number of hydrogen-bond acceptors (Lipinski definition) is 18. The van der Waals surface area contributed by atoms with Crippen LogP contribution in [0.15, 0.2) is 22.2 Å². The van der Waals surface area contributed by atoms with E-state index in [0.717, 1.165) is 17.2 Å². The molecule has 0 bridgehead atoms. The number of thiol groups is 1. The number of aliphatic hydroxyl groups is 2. The zero-order valence-corrected chi connectivity index (χ0v) is 25.6. The van der Waals surface area contributed by atoms with Crippen molar-refractivity contribution in [1.82, 2.24) is 39.0 Å². The third-order valence-electron chi connectivity index (χ3n) is 7.08. The first kappa shape index (κ1) is 30.8. The van der Waals surface area contributed by atoms with Gasteiger partial charge in [0.25, 0.3) is 11.1 Å². The van der Waals surface area contributed by atoms with E-state index in [2.05, 4.69) is 42.2 Å². The third-order valence-corrected chi connectivity index (χ3v) is 10.2. The maximum absolute atomic E-state index is 13.3. The number of nitrogens with one attached hydrogen (secondary N) is 2. The molecule has 7 rings (SSSR count). The minimum absolute atomic E-state index is 0.0443. The topological polar surface area (TPSA) is 312 Å². The monoisotopic (exact) mass is 708 g/mol. The molecule has 0 spiro atoms. The Labute approximate surface area is 258 Å². The maximum atomic E-state index is 13.3. The first-order valence-electron chi connectivity index (χ1n) is 12.7. The highest BCUT2D eigenvalue weighted by molar-refractivity contribution is 8.44. The normalized spacial score (nSPS) is 37.4. The molecule has 45 heavy (non-hydrogen) atoms. The summed E-state index contributed by atoms with van der Waals surface area (Å²) in [7, 11) is 0. The van der Waals surface area contributed by atoms with Gasteiger partial charge < -0.3 is 36.0 Å². The second-order valence-corrected chi connectivity index (χ2v) is 15.6. The van der Waals surface area contributed by atoms with Crippen LogP contribution < -0.4 is 22.6 Å². The summed E-state index contributed by atoms with van der Waals surface area (Å²) in [5, 5.41) is 22.5. The summed E-state index contributed by atoms with van der Waals surface area (Å²) in [6.07, 6.45) is -10.1. The number of ether oxygens (including phenoxy) is 2.